The van der Waals surface area contributed by atoms with E-state index in [2.05, 4.69) is 22.1 Å². The number of hydrogen-bond donors (Lipinski definition) is 1. The highest BCUT2D eigenvalue weighted by molar-refractivity contribution is 5.79. The predicted octanol–water partition coefficient (Wildman–Crippen LogP) is 0.994. The van der Waals surface area contributed by atoms with E-state index in [0.29, 0.717) is 18.3 Å². The molecule has 0 atom stereocenters. The minimum absolute atomic E-state index is 0.0746. The van der Waals surface area contributed by atoms with Crippen molar-refractivity contribution in [2.45, 2.75) is 6.42 Å². The highest BCUT2D eigenvalue weighted by atomic mass is 19.1. The molecular weight excluding hydrogens is 195 g/mol. The molecular formula is C11H11FN2O. The standard InChI is InChI=1S/C11H11FN2O/c1-13-6-3-2-4-9-5-7-14-11(12)10(9)8-15/h5,7-8,13H,3,6H2,1H3. The number of halogens is 1. The molecule has 15 heavy (non-hydrogen) atoms. The summed E-state index contributed by atoms with van der Waals surface area (Å²) >= 11 is 0. The van der Waals surface area contributed by atoms with Crippen LogP contribution in [0.3, 0.4) is 0 Å². The van der Waals surface area contributed by atoms with Crippen molar-refractivity contribution in [2.75, 3.05) is 13.6 Å². The van der Waals surface area contributed by atoms with Gasteiger partial charge in [0.15, 0.2) is 6.29 Å². The van der Waals surface area contributed by atoms with Crippen molar-refractivity contribution in [1.82, 2.24) is 10.3 Å². The summed E-state index contributed by atoms with van der Waals surface area (Å²) in [5, 5.41) is 2.94. The Balaban J connectivity index is 2.87. The van der Waals surface area contributed by atoms with Gasteiger partial charge in [-0.05, 0) is 13.1 Å². The molecule has 0 amide bonds. The van der Waals surface area contributed by atoms with Crippen LogP contribution in [0.5, 0.6) is 0 Å². The van der Waals surface area contributed by atoms with E-state index in [1.807, 2.05) is 7.05 Å². The third-order valence-electron chi connectivity index (χ3n) is 1.78. The third kappa shape index (κ3) is 3.15. The molecule has 1 heterocycles. The molecule has 4 heteroatoms. The van der Waals surface area contributed by atoms with E-state index >= 15 is 0 Å². The molecule has 0 spiro atoms. The molecule has 0 radical (unpaired) electrons. The monoisotopic (exact) mass is 206 g/mol. The number of nitrogens with one attached hydrogen (secondary N) is 1. The number of aromatic nitrogens is 1. The van der Waals surface area contributed by atoms with Crippen LogP contribution in [0.25, 0.3) is 0 Å². The van der Waals surface area contributed by atoms with Gasteiger partial charge in [0.05, 0.1) is 5.56 Å². The largest absolute Gasteiger partial charge is 0.319 e. The first-order chi connectivity index (χ1) is 7.29. The molecule has 1 rings (SSSR count). The Bertz CT molecular complexity index is 407. The van der Waals surface area contributed by atoms with Crippen LogP contribution in [-0.2, 0) is 0 Å². The average Bonchev–Trinajstić information content (AvgIpc) is 2.24. The summed E-state index contributed by atoms with van der Waals surface area (Å²) in [6.07, 6.45) is 2.38. The Morgan fingerprint density at radius 3 is 3.13 bits per heavy atom. The summed E-state index contributed by atoms with van der Waals surface area (Å²) in [5.41, 5.74) is 0.308. The second kappa shape index (κ2) is 5.89. The summed E-state index contributed by atoms with van der Waals surface area (Å²) in [4.78, 5) is 14.0. The van der Waals surface area contributed by atoms with Gasteiger partial charge in [0.1, 0.15) is 0 Å². The van der Waals surface area contributed by atoms with Gasteiger partial charge in [-0.15, -0.1) is 0 Å². The van der Waals surface area contributed by atoms with Gasteiger partial charge in [0, 0.05) is 24.7 Å². The lowest BCUT2D eigenvalue weighted by Crippen LogP contribution is -2.06. The summed E-state index contributed by atoms with van der Waals surface area (Å²) in [6, 6.07) is 1.53. The van der Waals surface area contributed by atoms with Crippen molar-refractivity contribution in [3.8, 4) is 11.8 Å². The topological polar surface area (TPSA) is 42.0 Å². The fourth-order valence-corrected chi connectivity index (χ4v) is 1.01. The molecule has 1 N–H and O–H groups in total. The van der Waals surface area contributed by atoms with Crippen molar-refractivity contribution in [3.05, 3.63) is 29.3 Å². The quantitative estimate of drug-likeness (QED) is 0.347. The van der Waals surface area contributed by atoms with Gasteiger partial charge < -0.3 is 5.32 Å². The zero-order valence-corrected chi connectivity index (χ0v) is 8.38. The molecule has 0 aliphatic rings. The van der Waals surface area contributed by atoms with Crippen molar-refractivity contribution in [3.63, 3.8) is 0 Å². The lowest BCUT2D eigenvalue weighted by atomic mass is 10.1. The van der Waals surface area contributed by atoms with Crippen molar-refractivity contribution in [2.24, 2.45) is 0 Å². The Labute approximate surface area is 87.7 Å². The molecule has 0 aliphatic carbocycles. The Kier molecular flexibility index (Phi) is 4.45. The molecule has 0 saturated carbocycles. The van der Waals surface area contributed by atoms with Crippen molar-refractivity contribution < 1.29 is 9.18 Å². The SMILES string of the molecule is CNCCC#Cc1ccnc(F)c1C=O. The second-order valence-corrected chi connectivity index (χ2v) is 2.84. The molecule has 78 valence electrons. The van der Waals surface area contributed by atoms with Crippen LogP contribution in [-0.4, -0.2) is 24.9 Å². The number of carbonyl (C=O) groups is 1. The van der Waals surface area contributed by atoms with E-state index in [1.54, 1.807) is 0 Å². The first-order valence-electron chi connectivity index (χ1n) is 4.52. The second-order valence-electron chi connectivity index (χ2n) is 2.84. The minimum Gasteiger partial charge on any atom is -0.319 e. The Morgan fingerprint density at radius 2 is 2.47 bits per heavy atom. The lowest BCUT2D eigenvalue weighted by molar-refractivity contribution is 0.111. The first kappa shape index (κ1) is 11.3. The van der Waals surface area contributed by atoms with Crippen LogP contribution in [0.2, 0.25) is 0 Å². The summed E-state index contributed by atoms with van der Waals surface area (Å²) in [7, 11) is 1.82. The van der Waals surface area contributed by atoms with Crippen LogP contribution in [0, 0.1) is 17.8 Å². The highest BCUT2D eigenvalue weighted by Gasteiger charge is 2.05. The number of rotatable bonds is 3. The third-order valence-corrected chi connectivity index (χ3v) is 1.78. The number of hydrogen-bond acceptors (Lipinski definition) is 3. The van der Waals surface area contributed by atoms with E-state index in [-0.39, 0.29) is 5.56 Å². The van der Waals surface area contributed by atoms with Crippen LogP contribution < -0.4 is 5.32 Å². The fourth-order valence-electron chi connectivity index (χ4n) is 1.01. The maximum absolute atomic E-state index is 13.0. The number of carbonyl (C=O) groups excluding carboxylic acids is 1. The van der Waals surface area contributed by atoms with Crippen LogP contribution in [0.1, 0.15) is 22.3 Å². The van der Waals surface area contributed by atoms with E-state index in [4.69, 9.17) is 0 Å². The summed E-state index contributed by atoms with van der Waals surface area (Å²) in [5.74, 6) is 4.80. The van der Waals surface area contributed by atoms with Gasteiger partial charge in [-0.2, -0.15) is 4.39 Å². The number of nitrogens with zero attached hydrogens (tertiary/aromatic N) is 1. The maximum atomic E-state index is 13.0. The van der Waals surface area contributed by atoms with Crippen LogP contribution >= 0.6 is 0 Å². The molecule has 1 aromatic heterocycles. The zero-order chi connectivity index (χ0) is 11.1. The molecule has 0 fully saturated rings. The van der Waals surface area contributed by atoms with Gasteiger partial charge >= 0.3 is 0 Å². The molecule has 0 saturated heterocycles. The van der Waals surface area contributed by atoms with Gasteiger partial charge in [0.25, 0.3) is 0 Å². The average molecular weight is 206 g/mol. The lowest BCUT2D eigenvalue weighted by Gasteiger charge is -1.96. The van der Waals surface area contributed by atoms with E-state index in [9.17, 15) is 9.18 Å². The first-order valence-corrected chi connectivity index (χ1v) is 4.52. The molecule has 3 nitrogen and oxygen atoms in total. The van der Waals surface area contributed by atoms with Crippen LogP contribution in [0.4, 0.5) is 4.39 Å². The molecule has 0 unspecified atom stereocenters. The van der Waals surface area contributed by atoms with Gasteiger partial charge in [0.2, 0.25) is 5.95 Å². The van der Waals surface area contributed by atoms with Crippen molar-refractivity contribution in [1.29, 1.82) is 0 Å². The minimum atomic E-state index is -0.773. The molecule has 0 bridgehead atoms. The van der Waals surface area contributed by atoms with Gasteiger partial charge in [-0.25, -0.2) is 4.98 Å². The van der Waals surface area contributed by atoms with E-state index in [1.165, 1.54) is 12.3 Å². The zero-order valence-electron chi connectivity index (χ0n) is 8.38. The molecule has 1 aromatic rings. The Hall–Kier alpha value is -1.73. The molecule has 0 aromatic carbocycles. The van der Waals surface area contributed by atoms with Crippen LogP contribution in [0.15, 0.2) is 12.3 Å². The summed E-state index contributed by atoms with van der Waals surface area (Å²) < 4.78 is 13.0. The normalized spacial score (nSPS) is 9.20. The number of pyridine rings is 1. The fraction of sp³-hybridized carbons (Fsp3) is 0.273. The van der Waals surface area contributed by atoms with E-state index in [0.717, 1.165) is 6.54 Å². The van der Waals surface area contributed by atoms with Crippen molar-refractivity contribution >= 4 is 6.29 Å². The highest BCUT2D eigenvalue weighted by Crippen LogP contribution is 2.06. The smallest absolute Gasteiger partial charge is 0.224 e. The maximum Gasteiger partial charge on any atom is 0.224 e. The van der Waals surface area contributed by atoms with Gasteiger partial charge in [-0.3, -0.25) is 4.79 Å². The predicted molar refractivity (Wildman–Crippen MR) is 55.0 cm³/mol. The summed E-state index contributed by atoms with van der Waals surface area (Å²) in [6.45, 7) is 0.761. The Morgan fingerprint density at radius 1 is 1.67 bits per heavy atom. The molecule has 0 aliphatic heterocycles. The number of aldehydes is 1. The van der Waals surface area contributed by atoms with Gasteiger partial charge in [-0.1, -0.05) is 11.8 Å². The van der Waals surface area contributed by atoms with E-state index < -0.39 is 5.95 Å².